The van der Waals surface area contributed by atoms with Gasteiger partial charge in [-0.1, -0.05) is 79.2 Å². The molecule has 0 radical (unpaired) electrons. The van der Waals surface area contributed by atoms with Gasteiger partial charge in [0.05, 0.1) is 18.3 Å². The van der Waals surface area contributed by atoms with Gasteiger partial charge in [-0.05, 0) is 66.4 Å². The normalized spacial score (nSPS) is 14.2. The van der Waals surface area contributed by atoms with Gasteiger partial charge in [-0.2, -0.15) is 5.10 Å². The Bertz CT molecular complexity index is 1660. The Balaban J connectivity index is 1.34. The van der Waals surface area contributed by atoms with E-state index in [2.05, 4.69) is 62.4 Å². The number of hydrogen-bond acceptors (Lipinski definition) is 4. The van der Waals surface area contributed by atoms with Crippen LogP contribution in [0.4, 0.5) is 0 Å². The number of amides is 1. The quantitative estimate of drug-likeness (QED) is 0.178. The smallest absolute Gasteiger partial charge is 0.273 e. The van der Waals surface area contributed by atoms with Crippen LogP contribution in [-0.2, 0) is 20.2 Å². The maximum Gasteiger partial charge on any atom is 0.273 e. The molecule has 6 nitrogen and oxygen atoms in total. The molecule has 2 heterocycles. The molecule has 0 N–H and O–H groups in total. The molecule has 1 atom stereocenters. The van der Waals surface area contributed by atoms with E-state index in [1.165, 1.54) is 5.56 Å². The average molecular weight is 558 g/mol. The molecule has 0 fully saturated rings. The Labute approximate surface area is 247 Å². The van der Waals surface area contributed by atoms with Gasteiger partial charge in [-0.25, -0.2) is 0 Å². The van der Waals surface area contributed by atoms with Crippen LogP contribution < -0.4 is 9.47 Å². The number of fused-ring (bicyclic) bond motifs is 1. The molecule has 1 aliphatic heterocycles. The molecule has 6 heteroatoms. The van der Waals surface area contributed by atoms with E-state index in [1.54, 1.807) is 4.68 Å². The fourth-order valence-corrected chi connectivity index (χ4v) is 5.49. The van der Waals surface area contributed by atoms with Gasteiger partial charge in [-0.3, -0.25) is 9.48 Å². The first-order chi connectivity index (χ1) is 20.5. The lowest BCUT2D eigenvalue weighted by Gasteiger charge is -2.27. The minimum atomic E-state index is -0.283. The second kappa shape index (κ2) is 12.0. The molecule has 5 aromatic rings. The molecule has 0 unspecified atom stereocenters. The highest BCUT2D eigenvalue weighted by Crippen LogP contribution is 2.44. The number of carbonyl (C=O) groups excluding carboxylic acids is 1. The molecule has 0 spiro atoms. The van der Waals surface area contributed by atoms with Crippen molar-refractivity contribution < 1.29 is 14.3 Å². The number of nitrogens with zero attached hydrogens (tertiary/aromatic N) is 3. The number of benzene rings is 4. The van der Waals surface area contributed by atoms with Gasteiger partial charge >= 0.3 is 0 Å². The minimum Gasteiger partial charge on any atom is -0.494 e. The summed E-state index contributed by atoms with van der Waals surface area (Å²) >= 11 is 0. The fraction of sp³-hybridized carbons (Fsp3) is 0.222. The maximum atomic E-state index is 14.0. The standard InChI is InChI=1S/C36H35N3O3/c1-4-22-41-30-20-16-29(17-21-30)34-32-33(28-14-18-31(19-15-28)42-24-27-12-10-25(2)11-13-27)37-38(3)35(32)36(40)39(34)23-26-8-6-5-7-9-26/h5-21,34H,4,22-24H2,1-3H3/t34-/m0/s1. The summed E-state index contributed by atoms with van der Waals surface area (Å²) < 4.78 is 13.6. The van der Waals surface area contributed by atoms with E-state index >= 15 is 0 Å². The van der Waals surface area contributed by atoms with Gasteiger partial charge in [-0.15, -0.1) is 0 Å². The van der Waals surface area contributed by atoms with Crippen LogP contribution in [0.15, 0.2) is 103 Å². The van der Waals surface area contributed by atoms with Crippen LogP contribution in [0, 0.1) is 6.92 Å². The molecular formula is C36H35N3O3. The molecule has 0 saturated heterocycles. The van der Waals surface area contributed by atoms with Gasteiger partial charge in [0.25, 0.3) is 5.91 Å². The van der Waals surface area contributed by atoms with Crippen molar-refractivity contribution in [3.05, 3.63) is 137 Å². The van der Waals surface area contributed by atoms with Gasteiger partial charge < -0.3 is 14.4 Å². The van der Waals surface area contributed by atoms with E-state index in [4.69, 9.17) is 14.6 Å². The second-order valence-corrected chi connectivity index (χ2v) is 10.8. The van der Waals surface area contributed by atoms with Crippen LogP contribution in [0.2, 0.25) is 0 Å². The summed E-state index contributed by atoms with van der Waals surface area (Å²) in [6, 6.07) is 34.3. The zero-order chi connectivity index (χ0) is 29.1. The zero-order valence-corrected chi connectivity index (χ0v) is 24.3. The van der Waals surface area contributed by atoms with Crippen LogP contribution in [0.1, 0.15) is 57.7 Å². The predicted octanol–water partition coefficient (Wildman–Crippen LogP) is 7.51. The summed E-state index contributed by atoms with van der Waals surface area (Å²) in [5, 5.41) is 4.86. The van der Waals surface area contributed by atoms with Crippen LogP contribution in [-0.4, -0.2) is 27.2 Å². The van der Waals surface area contributed by atoms with Crippen LogP contribution in [0.3, 0.4) is 0 Å². The molecule has 6 rings (SSSR count). The first-order valence-electron chi connectivity index (χ1n) is 14.4. The van der Waals surface area contributed by atoms with E-state index in [9.17, 15) is 4.79 Å². The summed E-state index contributed by atoms with van der Waals surface area (Å²) in [4.78, 5) is 15.9. The summed E-state index contributed by atoms with van der Waals surface area (Å²) in [5.74, 6) is 1.59. The van der Waals surface area contributed by atoms with Crippen molar-refractivity contribution in [1.29, 1.82) is 0 Å². The molecule has 1 aromatic heterocycles. The number of carbonyl (C=O) groups is 1. The Hall–Kier alpha value is -4.84. The van der Waals surface area contributed by atoms with Crippen molar-refractivity contribution >= 4 is 5.91 Å². The van der Waals surface area contributed by atoms with Crippen molar-refractivity contribution in [3.8, 4) is 22.8 Å². The Morgan fingerprint density at radius 3 is 2.14 bits per heavy atom. The van der Waals surface area contributed by atoms with E-state index in [1.807, 2.05) is 66.5 Å². The van der Waals surface area contributed by atoms with Crippen LogP contribution >= 0.6 is 0 Å². The number of rotatable bonds is 10. The summed E-state index contributed by atoms with van der Waals surface area (Å²) in [7, 11) is 1.85. The molecule has 0 saturated carbocycles. The van der Waals surface area contributed by atoms with Crippen molar-refractivity contribution in [1.82, 2.24) is 14.7 Å². The number of aromatic nitrogens is 2. The third-order valence-corrected chi connectivity index (χ3v) is 7.65. The van der Waals surface area contributed by atoms with Gasteiger partial charge in [0, 0.05) is 24.7 Å². The zero-order valence-electron chi connectivity index (χ0n) is 24.3. The van der Waals surface area contributed by atoms with Crippen molar-refractivity contribution in [2.75, 3.05) is 6.61 Å². The third-order valence-electron chi connectivity index (χ3n) is 7.65. The van der Waals surface area contributed by atoms with E-state index < -0.39 is 0 Å². The molecule has 1 aliphatic rings. The molecular weight excluding hydrogens is 522 g/mol. The lowest BCUT2D eigenvalue weighted by molar-refractivity contribution is 0.0726. The maximum absolute atomic E-state index is 14.0. The highest BCUT2D eigenvalue weighted by atomic mass is 16.5. The SMILES string of the molecule is CCCOc1ccc([C@H]2c3c(-c4ccc(OCc5ccc(C)cc5)cc4)nn(C)c3C(=O)N2Cc2ccccc2)cc1. The predicted molar refractivity (Wildman–Crippen MR) is 165 cm³/mol. The number of ether oxygens (including phenoxy) is 2. The van der Waals surface area contributed by atoms with Gasteiger partial charge in [0.1, 0.15) is 23.8 Å². The van der Waals surface area contributed by atoms with Crippen LogP contribution in [0.5, 0.6) is 11.5 Å². The molecule has 212 valence electrons. The molecule has 42 heavy (non-hydrogen) atoms. The first kappa shape index (κ1) is 27.3. The monoisotopic (exact) mass is 557 g/mol. The van der Waals surface area contributed by atoms with Crippen molar-refractivity contribution in [2.24, 2.45) is 7.05 Å². The molecule has 4 aromatic carbocycles. The lowest BCUT2D eigenvalue weighted by atomic mass is 9.95. The van der Waals surface area contributed by atoms with Crippen LogP contribution in [0.25, 0.3) is 11.3 Å². The summed E-state index contributed by atoms with van der Waals surface area (Å²) in [6.45, 7) is 5.84. The first-order valence-corrected chi connectivity index (χ1v) is 14.4. The summed E-state index contributed by atoms with van der Waals surface area (Å²) in [6.07, 6.45) is 0.946. The van der Waals surface area contributed by atoms with Crippen molar-refractivity contribution in [3.63, 3.8) is 0 Å². The number of hydrogen-bond donors (Lipinski definition) is 0. The Kier molecular flexibility index (Phi) is 7.78. The topological polar surface area (TPSA) is 56.6 Å². The fourth-order valence-electron chi connectivity index (χ4n) is 5.49. The Morgan fingerprint density at radius 2 is 1.45 bits per heavy atom. The molecule has 1 amide bonds. The molecule has 0 aliphatic carbocycles. The average Bonchev–Trinajstić information content (AvgIpc) is 3.51. The second-order valence-electron chi connectivity index (χ2n) is 10.8. The van der Waals surface area contributed by atoms with Gasteiger partial charge in [0.15, 0.2) is 0 Å². The highest BCUT2D eigenvalue weighted by molar-refractivity contribution is 6.00. The minimum absolute atomic E-state index is 0.0236. The summed E-state index contributed by atoms with van der Waals surface area (Å²) in [5.41, 5.74) is 7.75. The lowest BCUT2D eigenvalue weighted by Crippen LogP contribution is -2.29. The van der Waals surface area contributed by atoms with E-state index in [0.717, 1.165) is 51.4 Å². The number of aryl methyl sites for hydroxylation is 2. The highest BCUT2D eigenvalue weighted by Gasteiger charge is 2.43. The van der Waals surface area contributed by atoms with E-state index in [0.29, 0.717) is 25.5 Å². The Morgan fingerprint density at radius 1 is 0.786 bits per heavy atom. The van der Waals surface area contributed by atoms with Crippen molar-refractivity contribution in [2.45, 2.75) is 39.5 Å². The largest absolute Gasteiger partial charge is 0.494 e. The van der Waals surface area contributed by atoms with Gasteiger partial charge in [0.2, 0.25) is 0 Å². The third kappa shape index (κ3) is 5.53. The van der Waals surface area contributed by atoms with E-state index in [-0.39, 0.29) is 11.9 Å². The molecule has 0 bridgehead atoms.